The number of nitrogens with one attached hydrogen (secondary N) is 1. The lowest BCUT2D eigenvalue weighted by Crippen LogP contribution is -2.39. The van der Waals surface area contributed by atoms with E-state index in [0.717, 1.165) is 33.7 Å². The van der Waals surface area contributed by atoms with Crippen molar-refractivity contribution in [2.75, 3.05) is 7.11 Å². The van der Waals surface area contributed by atoms with Gasteiger partial charge in [-0.1, -0.05) is 59.7 Å². The molecule has 3 aromatic carbocycles. The van der Waals surface area contributed by atoms with Crippen LogP contribution in [0.2, 0.25) is 0 Å². The summed E-state index contributed by atoms with van der Waals surface area (Å²) in [5.74, 6) is 0.723. The molecule has 6 heteroatoms. The lowest BCUT2D eigenvalue weighted by atomic mass is 10.0. The zero-order chi connectivity index (χ0) is 21.3. The minimum absolute atomic E-state index is 0.248. The summed E-state index contributed by atoms with van der Waals surface area (Å²) in [6.45, 7) is 3.95. The van der Waals surface area contributed by atoms with Gasteiger partial charge >= 0.3 is 0 Å². The molecule has 0 saturated heterocycles. The maximum atomic E-state index is 13.5. The van der Waals surface area contributed by atoms with Gasteiger partial charge in [0.05, 0.1) is 23.7 Å². The third-order valence-corrected chi connectivity index (χ3v) is 6.91. The zero-order valence-corrected chi connectivity index (χ0v) is 18.0. The molecule has 1 aliphatic heterocycles. The molecule has 1 atom stereocenters. The van der Waals surface area contributed by atoms with E-state index >= 15 is 0 Å². The van der Waals surface area contributed by atoms with Crippen molar-refractivity contribution >= 4 is 15.7 Å². The molecule has 5 nitrogen and oxygen atoms in total. The van der Waals surface area contributed by atoms with Crippen LogP contribution in [-0.4, -0.2) is 19.9 Å². The Labute approximate surface area is 177 Å². The topological polar surface area (TPSA) is 58.6 Å². The van der Waals surface area contributed by atoms with Crippen LogP contribution >= 0.6 is 0 Å². The highest BCUT2D eigenvalue weighted by Gasteiger charge is 2.37. The molecule has 0 fully saturated rings. The molecule has 30 heavy (non-hydrogen) atoms. The first-order valence-electron chi connectivity index (χ1n) is 9.69. The van der Waals surface area contributed by atoms with Crippen molar-refractivity contribution in [1.29, 1.82) is 0 Å². The number of rotatable bonds is 5. The Morgan fingerprint density at radius 1 is 0.833 bits per heavy atom. The van der Waals surface area contributed by atoms with Crippen molar-refractivity contribution in [1.82, 2.24) is 9.84 Å². The quantitative estimate of drug-likeness (QED) is 0.655. The molecule has 0 aromatic heterocycles. The number of methoxy groups -OCH3 is 1. The van der Waals surface area contributed by atoms with E-state index in [-0.39, 0.29) is 4.90 Å². The molecule has 0 spiro atoms. The first kappa shape index (κ1) is 20.2. The van der Waals surface area contributed by atoms with Gasteiger partial charge in [-0.3, -0.25) is 0 Å². The van der Waals surface area contributed by atoms with Gasteiger partial charge in [0, 0.05) is 0 Å². The highest BCUT2D eigenvalue weighted by atomic mass is 32.2. The van der Waals surface area contributed by atoms with E-state index in [1.807, 2.05) is 68.5 Å². The van der Waals surface area contributed by atoms with Crippen LogP contribution in [0.3, 0.4) is 0 Å². The Hall–Kier alpha value is -3.09. The second-order valence-corrected chi connectivity index (χ2v) is 9.21. The number of ether oxygens (including phenoxy) is 1. The van der Waals surface area contributed by atoms with Crippen LogP contribution in [0.15, 0.2) is 83.8 Å². The van der Waals surface area contributed by atoms with Crippen molar-refractivity contribution in [3.05, 3.63) is 101 Å². The predicted molar refractivity (Wildman–Crippen MR) is 118 cm³/mol. The Morgan fingerprint density at radius 2 is 1.40 bits per heavy atom. The van der Waals surface area contributed by atoms with Crippen LogP contribution in [0.25, 0.3) is 5.70 Å². The predicted octanol–water partition coefficient (Wildman–Crippen LogP) is 4.60. The molecular weight excluding hydrogens is 396 g/mol. The van der Waals surface area contributed by atoms with Gasteiger partial charge in [0.25, 0.3) is 10.0 Å². The fourth-order valence-corrected chi connectivity index (χ4v) is 4.82. The Morgan fingerprint density at radius 3 is 1.97 bits per heavy atom. The summed E-state index contributed by atoms with van der Waals surface area (Å²) >= 11 is 0. The second-order valence-electron chi connectivity index (χ2n) is 7.39. The number of hydrogen-bond acceptors (Lipinski definition) is 4. The Kier molecular flexibility index (Phi) is 5.37. The number of nitrogens with zero attached hydrogens (tertiary/aromatic N) is 1. The Bertz CT molecular complexity index is 1170. The highest BCUT2D eigenvalue weighted by Crippen LogP contribution is 2.36. The van der Waals surface area contributed by atoms with Gasteiger partial charge in [0.15, 0.2) is 0 Å². The summed E-state index contributed by atoms with van der Waals surface area (Å²) in [4.78, 5) is 0.248. The summed E-state index contributed by atoms with van der Waals surface area (Å²) < 4.78 is 33.6. The van der Waals surface area contributed by atoms with Crippen LogP contribution in [0, 0.1) is 13.8 Å². The van der Waals surface area contributed by atoms with Crippen LogP contribution in [0.1, 0.15) is 28.3 Å². The van der Waals surface area contributed by atoms with Crippen molar-refractivity contribution < 1.29 is 13.2 Å². The number of benzene rings is 3. The average molecular weight is 421 g/mol. The van der Waals surface area contributed by atoms with E-state index in [1.165, 1.54) is 4.41 Å². The molecule has 1 heterocycles. The van der Waals surface area contributed by atoms with Crippen molar-refractivity contribution in [3.8, 4) is 5.75 Å². The highest BCUT2D eigenvalue weighted by molar-refractivity contribution is 7.89. The summed E-state index contributed by atoms with van der Waals surface area (Å²) in [7, 11) is -2.17. The van der Waals surface area contributed by atoms with Gasteiger partial charge < -0.3 is 10.2 Å². The van der Waals surface area contributed by atoms with E-state index in [9.17, 15) is 8.42 Å². The molecule has 0 aliphatic carbocycles. The van der Waals surface area contributed by atoms with Gasteiger partial charge in [-0.25, -0.2) is 8.42 Å². The monoisotopic (exact) mass is 420 g/mol. The fraction of sp³-hybridized carbons (Fsp3) is 0.167. The smallest absolute Gasteiger partial charge is 0.260 e. The first-order chi connectivity index (χ1) is 14.4. The minimum atomic E-state index is -3.78. The van der Waals surface area contributed by atoms with Crippen molar-refractivity contribution in [2.24, 2.45) is 0 Å². The maximum Gasteiger partial charge on any atom is 0.260 e. The van der Waals surface area contributed by atoms with Gasteiger partial charge in [-0.2, -0.15) is 0 Å². The summed E-state index contributed by atoms with van der Waals surface area (Å²) in [6, 6.07) is 21.8. The van der Waals surface area contributed by atoms with E-state index in [4.69, 9.17) is 4.74 Å². The standard InChI is InChI=1S/C24H24N2O3S/c1-17-4-8-19(9-5-17)23-16-24(20-10-12-21(29-3)13-11-20)26(25-23)30(27,28)22-14-6-18(2)7-15-22/h4-16,24-25H,1-3H3/t24-/m1/s1. The fourth-order valence-electron chi connectivity index (χ4n) is 3.41. The molecule has 0 unspecified atom stereocenters. The normalized spacial score (nSPS) is 16.8. The number of hydrazine groups is 1. The van der Waals surface area contributed by atoms with Crippen LogP contribution in [-0.2, 0) is 10.0 Å². The van der Waals surface area contributed by atoms with Crippen LogP contribution in [0.4, 0.5) is 0 Å². The zero-order valence-electron chi connectivity index (χ0n) is 17.2. The largest absolute Gasteiger partial charge is 0.497 e. The molecule has 3 aromatic rings. The summed E-state index contributed by atoms with van der Waals surface area (Å²) in [5, 5.41) is 0. The van der Waals surface area contributed by atoms with Crippen molar-refractivity contribution in [3.63, 3.8) is 0 Å². The first-order valence-corrected chi connectivity index (χ1v) is 11.1. The van der Waals surface area contributed by atoms with Gasteiger partial charge in [0.1, 0.15) is 5.75 Å². The molecule has 0 bridgehead atoms. The molecule has 0 amide bonds. The Balaban J connectivity index is 1.77. The minimum Gasteiger partial charge on any atom is -0.497 e. The average Bonchev–Trinajstić information content (AvgIpc) is 3.21. The van der Waals surface area contributed by atoms with E-state index in [1.54, 1.807) is 31.4 Å². The summed E-state index contributed by atoms with van der Waals surface area (Å²) in [5.41, 5.74) is 7.82. The third-order valence-electron chi connectivity index (χ3n) is 5.21. The molecule has 4 rings (SSSR count). The lowest BCUT2D eigenvalue weighted by molar-refractivity contribution is 0.347. The molecule has 0 saturated carbocycles. The summed E-state index contributed by atoms with van der Waals surface area (Å²) in [6.07, 6.45) is 1.94. The van der Waals surface area contributed by atoms with E-state index < -0.39 is 16.1 Å². The second kappa shape index (κ2) is 7.97. The SMILES string of the molecule is COc1ccc([C@H]2C=C(c3ccc(C)cc3)NN2S(=O)(=O)c2ccc(C)cc2)cc1. The molecule has 154 valence electrons. The molecule has 0 radical (unpaired) electrons. The third kappa shape index (κ3) is 3.84. The van der Waals surface area contributed by atoms with Gasteiger partial charge in [-0.15, -0.1) is 4.41 Å². The van der Waals surface area contributed by atoms with Gasteiger partial charge in [-0.05, 0) is 55.3 Å². The number of aryl methyl sites for hydroxylation is 2. The number of hydrogen-bond donors (Lipinski definition) is 1. The van der Waals surface area contributed by atoms with Gasteiger partial charge in [0.2, 0.25) is 0 Å². The number of sulfonamides is 1. The van der Waals surface area contributed by atoms with E-state index in [0.29, 0.717) is 0 Å². The van der Waals surface area contributed by atoms with Crippen LogP contribution in [0.5, 0.6) is 5.75 Å². The van der Waals surface area contributed by atoms with Crippen LogP contribution < -0.4 is 10.2 Å². The lowest BCUT2D eigenvalue weighted by Gasteiger charge is -2.25. The molecular formula is C24H24N2O3S. The maximum absolute atomic E-state index is 13.5. The van der Waals surface area contributed by atoms with Crippen molar-refractivity contribution in [2.45, 2.75) is 24.8 Å². The molecule has 1 aliphatic rings. The molecule has 1 N–H and O–H groups in total. The van der Waals surface area contributed by atoms with E-state index in [2.05, 4.69) is 5.43 Å².